The molecule has 0 aromatic heterocycles. The molecule has 4 fully saturated rings. The Balaban J connectivity index is 1.16. The maximum atomic E-state index is 12.1. The molecular formula is C19H30N2O4. The van der Waals surface area contributed by atoms with Gasteiger partial charge in [-0.25, -0.2) is 0 Å². The third-order valence-electron chi connectivity index (χ3n) is 6.62. The molecule has 140 valence electrons. The van der Waals surface area contributed by atoms with Crippen LogP contribution in [-0.4, -0.2) is 43.3 Å². The monoisotopic (exact) mass is 350 g/mol. The Hall–Kier alpha value is -1.14. The number of hydrogen-bond acceptors (Lipinski definition) is 5. The Bertz CT molecular complexity index is 518. The summed E-state index contributed by atoms with van der Waals surface area (Å²) in [6.45, 7) is 3.51. The summed E-state index contributed by atoms with van der Waals surface area (Å²) >= 11 is 0. The number of nitrogens with zero attached hydrogens (tertiary/aromatic N) is 1. The largest absolute Gasteiger partial charge is 0.386 e. The number of fused-ring (bicyclic) bond motifs is 2. The van der Waals surface area contributed by atoms with Crippen LogP contribution in [0.25, 0.3) is 0 Å². The Morgan fingerprint density at radius 3 is 2.68 bits per heavy atom. The molecule has 1 N–H and O–H groups in total. The standard InChI is InChI=1S/C19H30N2O4/c1-13(17-11-14-2-3-15(17)10-14)20-18(22)12-25-21-16-4-6-19(7-5-16)23-8-9-24-19/h13-15,17H,2-12H2,1H3,(H,20,22)/t13-,14+,15+,17-/m1/s1. The van der Waals surface area contributed by atoms with Crippen molar-refractivity contribution >= 4 is 11.6 Å². The summed E-state index contributed by atoms with van der Waals surface area (Å²) in [6.07, 6.45) is 8.64. The summed E-state index contributed by atoms with van der Waals surface area (Å²) in [4.78, 5) is 17.4. The summed E-state index contributed by atoms with van der Waals surface area (Å²) in [5, 5.41) is 7.28. The minimum Gasteiger partial charge on any atom is -0.386 e. The number of carbonyl (C=O) groups excluding carboxylic acids is 1. The second kappa shape index (κ2) is 7.23. The molecule has 1 aliphatic heterocycles. The van der Waals surface area contributed by atoms with Crippen molar-refractivity contribution < 1.29 is 19.1 Å². The smallest absolute Gasteiger partial charge is 0.260 e. The molecule has 0 aromatic carbocycles. The second-order valence-corrected chi connectivity index (χ2v) is 8.23. The van der Waals surface area contributed by atoms with Crippen LogP contribution in [0.5, 0.6) is 0 Å². The number of carbonyl (C=O) groups is 1. The molecule has 25 heavy (non-hydrogen) atoms. The van der Waals surface area contributed by atoms with Crippen LogP contribution in [0, 0.1) is 17.8 Å². The third-order valence-corrected chi connectivity index (χ3v) is 6.62. The zero-order valence-electron chi connectivity index (χ0n) is 15.2. The minimum atomic E-state index is -0.382. The van der Waals surface area contributed by atoms with E-state index in [1.807, 2.05) is 0 Å². The lowest BCUT2D eigenvalue weighted by molar-refractivity contribution is -0.168. The van der Waals surface area contributed by atoms with Gasteiger partial charge in [0.1, 0.15) is 0 Å². The number of oxime groups is 1. The van der Waals surface area contributed by atoms with Gasteiger partial charge in [0, 0.05) is 18.9 Å². The van der Waals surface area contributed by atoms with Crippen LogP contribution < -0.4 is 5.32 Å². The fourth-order valence-electron chi connectivity index (χ4n) is 5.29. The summed E-state index contributed by atoms with van der Waals surface area (Å²) in [6, 6.07) is 0.241. The van der Waals surface area contributed by atoms with Gasteiger partial charge in [-0.1, -0.05) is 11.6 Å². The van der Waals surface area contributed by atoms with Gasteiger partial charge in [0.15, 0.2) is 12.4 Å². The summed E-state index contributed by atoms with van der Waals surface area (Å²) in [7, 11) is 0. The summed E-state index contributed by atoms with van der Waals surface area (Å²) in [5.74, 6) is 1.92. The van der Waals surface area contributed by atoms with E-state index < -0.39 is 0 Å². The van der Waals surface area contributed by atoms with Gasteiger partial charge in [-0.15, -0.1) is 0 Å². The highest BCUT2D eigenvalue weighted by Crippen LogP contribution is 2.49. The third kappa shape index (κ3) is 3.85. The van der Waals surface area contributed by atoms with Crippen LogP contribution in [-0.2, 0) is 19.1 Å². The molecule has 6 nitrogen and oxygen atoms in total. The zero-order valence-corrected chi connectivity index (χ0v) is 15.2. The van der Waals surface area contributed by atoms with Crippen molar-refractivity contribution in [2.45, 2.75) is 70.1 Å². The summed E-state index contributed by atoms with van der Waals surface area (Å²) in [5.41, 5.74) is 0.999. The molecule has 2 bridgehead atoms. The first-order chi connectivity index (χ1) is 12.1. The van der Waals surface area contributed by atoms with Gasteiger partial charge in [0.2, 0.25) is 0 Å². The van der Waals surface area contributed by atoms with E-state index in [1.165, 1.54) is 25.7 Å². The minimum absolute atomic E-state index is 0.00674. The van der Waals surface area contributed by atoms with Crippen molar-refractivity contribution in [1.82, 2.24) is 5.32 Å². The Kier molecular flexibility index (Phi) is 5.00. The molecular weight excluding hydrogens is 320 g/mol. The molecule has 1 amide bonds. The Morgan fingerprint density at radius 1 is 1.28 bits per heavy atom. The van der Waals surface area contributed by atoms with E-state index in [4.69, 9.17) is 14.3 Å². The maximum Gasteiger partial charge on any atom is 0.260 e. The quantitative estimate of drug-likeness (QED) is 0.774. The van der Waals surface area contributed by atoms with E-state index in [-0.39, 0.29) is 24.3 Å². The van der Waals surface area contributed by atoms with Crippen molar-refractivity contribution in [3.05, 3.63) is 0 Å². The van der Waals surface area contributed by atoms with Gasteiger partial charge in [-0.05, 0) is 56.8 Å². The average Bonchev–Trinajstić information content (AvgIpc) is 3.34. The number of hydrogen-bond donors (Lipinski definition) is 1. The molecule has 3 aliphatic carbocycles. The first kappa shape index (κ1) is 17.3. The van der Waals surface area contributed by atoms with E-state index in [1.54, 1.807) is 0 Å². The van der Waals surface area contributed by atoms with E-state index in [0.29, 0.717) is 19.1 Å². The van der Waals surface area contributed by atoms with Crippen LogP contribution >= 0.6 is 0 Å². The normalized spacial score (nSPS) is 34.3. The van der Waals surface area contributed by atoms with Crippen molar-refractivity contribution in [2.75, 3.05) is 19.8 Å². The highest BCUT2D eigenvalue weighted by Gasteiger charge is 2.42. The molecule has 4 aliphatic rings. The molecule has 4 atom stereocenters. The van der Waals surface area contributed by atoms with Gasteiger partial charge in [-0.2, -0.15) is 0 Å². The molecule has 0 unspecified atom stereocenters. The lowest BCUT2D eigenvalue weighted by Gasteiger charge is -2.31. The SMILES string of the molecule is C[C@@H](NC(=O)CON=C1CCC2(CC1)OCCO2)[C@H]1C[C@H]2CC[C@H]1C2. The molecule has 3 saturated carbocycles. The van der Waals surface area contributed by atoms with Crippen LogP contribution in [0.1, 0.15) is 58.3 Å². The zero-order chi connectivity index (χ0) is 17.3. The van der Waals surface area contributed by atoms with E-state index in [2.05, 4.69) is 17.4 Å². The van der Waals surface area contributed by atoms with Crippen LogP contribution in [0.15, 0.2) is 5.16 Å². The highest BCUT2D eigenvalue weighted by atomic mass is 16.7. The van der Waals surface area contributed by atoms with Gasteiger partial charge in [-0.3, -0.25) is 4.79 Å². The van der Waals surface area contributed by atoms with Crippen molar-refractivity contribution in [3.8, 4) is 0 Å². The van der Waals surface area contributed by atoms with Crippen molar-refractivity contribution in [2.24, 2.45) is 22.9 Å². The van der Waals surface area contributed by atoms with E-state index in [0.717, 1.165) is 43.2 Å². The average molecular weight is 350 g/mol. The molecule has 1 spiro atoms. The highest BCUT2D eigenvalue weighted by molar-refractivity contribution is 5.85. The topological polar surface area (TPSA) is 69.2 Å². The first-order valence-corrected chi connectivity index (χ1v) is 9.88. The second-order valence-electron chi connectivity index (χ2n) is 8.23. The lowest BCUT2D eigenvalue weighted by Crippen LogP contribution is -2.41. The van der Waals surface area contributed by atoms with E-state index in [9.17, 15) is 4.79 Å². The first-order valence-electron chi connectivity index (χ1n) is 9.88. The molecule has 4 rings (SSSR count). The van der Waals surface area contributed by atoms with Crippen LogP contribution in [0.3, 0.4) is 0 Å². The van der Waals surface area contributed by atoms with Gasteiger partial charge < -0.3 is 19.6 Å². The number of amides is 1. The Morgan fingerprint density at radius 2 is 2.04 bits per heavy atom. The molecule has 0 radical (unpaired) electrons. The maximum absolute atomic E-state index is 12.1. The van der Waals surface area contributed by atoms with Gasteiger partial charge >= 0.3 is 0 Å². The number of nitrogens with one attached hydrogen (secondary N) is 1. The molecule has 6 heteroatoms. The number of rotatable bonds is 5. The van der Waals surface area contributed by atoms with Crippen molar-refractivity contribution in [1.29, 1.82) is 0 Å². The molecule has 1 saturated heterocycles. The molecule has 1 heterocycles. The van der Waals surface area contributed by atoms with Gasteiger partial charge in [0.05, 0.1) is 18.9 Å². The molecule has 0 aromatic rings. The van der Waals surface area contributed by atoms with Gasteiger partial charge in [0.25, 0.3) is 5.91 Å². The predicted molar refractivity (Wildman–Crippen MR) is 93.0 cm³/mol. The summed E-state index contributed by atoms with van der Waals surface area (Å²) < 4.78 is 11.4. The number of ether oxygens (including phenoxy) is 2. The fourth-order valence-corrected chi connectivity index (χ4v) is 5.29. The van der Waals surface area contributed by atoms with Crippen LogP contribution in [0.4, 0.5) is 0 Å². The fraction of sp³-hybridized carbons (Fsp3) is 0.895. The Labute approximate surface area is 149 Å². The van der Waals surface area contributed by atoms with Crippen LogP contribution in [0.2, 0.25) is 0 Å². The van der Waals surface area contributed by atoms with E-state index >= 15 is 0 Å². The van der Waals surface area contributed by atoms with Crippen molar-refractivity contribution in [3.63, 3.8) is 0 Å². The predicted octanol–water partition coefficient (Wildman–Crippen LogP) is 2.62. The lowest BCUT2D eigenvalue weighted by atomic mass is 9.84.